The summed E-state index contributed by atoms with van der Waals surface area (Å²) in [5.41, 5.74) is 1.65. The third-order valence-electron chi connectivity index (χ3n) is 2.65. The lowest BCUT2D eigenvalue weighted by molar-refractivity contribution is 0.300. The molecule has 0 fully saturated rings. The SMILES string of the molecule is Fc1ccccc1COc1ccc(C=CCS)cc1. The van der Waals surface area contributed by atoms with Crippen LogP contribution in [0.4, 0.5) is 4.39 Å². The Bertz CT molecular complexity index is 549. The fourth-order valence-electron chi connectivity index (χ4n) is 1.64. The van der Waals surface area contributed by atoms with Gasteiger partial charge in [-0.3, -0.25) is 0 Å². The summed E-state index contributed by atoms with van der Waals surface area (Å²) in [5.74, 6) is 1.20. The van der Waals surface area contributed by atoms with E-state index in [1.165, 1.54) is 6.07 Å². The van der Waals surface area contributed by atoms with Crippen molar-refractivity contribution in [3.63, 3.8) is 0 Å². The van der Waals surface area contributed by atoms with Crippen molar-refractivity contribution in [3.05, 3.63) is 71.6 Å². The van der Waals surface area contributed by atoms with E-state index in [0.29, 0.717) is 11.3 Å². The molecule has 0 bridgehead atoms. The first-order valence-corrected chi connectivity index (χ1v) is 6.66. The van der Waals surface area contributed by atoms with Gasteiger partial charge in [0.1, 0.15) is 18.2 Å². The normalized spacial score (nSPS) is 10.8. The molecule has 19 heavy (non-hydrogen) atoms. The third kappa shape index (κ3) is 4.14. The Kier molecular flexibility index (Phi) is 5.04. The highest BCUT2D eigenvalue weighted by molar-refractivity contribution is 7.80. The number of hydrogen-bond acceptors (Lipinski definition) is 2. The van der Waals surface area contributed by atoms with Crippen molar-refractivity contribution in [2.45, 2.75) is 6.61 Å². The first-order chi connectivity index (χ1) is 9.29. The van der Waals surface area contributed by atoms with E-state index in [-0.39, 0.29) is 12.4 Å². The zero-order valence-electron chi connectivity index (χ0n) is 10.4. The summed E-state index contributed by atoms with van der Waals surface area (Å²) in [4.78, 5) is 0. The molecule has 3 heteroatoms. The van der Waals surface area contributed by atoms with Crippen LogP contribution in [0.3, 0.4) is 0 Å². The van der Waals surface area contributed by atoms with Gasteiger partial charge in [-0.1, -0.05) is 42.5 Å². The maximum Gasteiger partial charge on any atom is 0.129 e. The molecule has 2 aromatic rings. The number of benzene rings is 2. The van der Waals surface area contributed by atoms with Crippen LogP contribution in [-0.2, 0) is 6.61 Å². The molecule has 0 aliphatic rings. The van der Waals surface area contributed by atoms with Gasteiger partial charge < -0.3 is 4.74 Å². The summed E-state index contributed by atoms with van der Waals surface area (Å²) >= 11 is 4.11. The van der Waals surface area contributed by atoms with Crippen molar-refractivity contribution >= 4 is 18.7 Å². The zero-order valence-corrected chi connectivity index (χ0v) is 11.3. The van der Waals surface area contributed by atoms with Crippen molar-refractivity contribution in [3.8, 4) is 5.75 Å². The van der Waals surface area contributed by atoms with Crippen LogP contribution in [0.1, 0.15) is 11.1 Å². The van der Waals surface area contributed by atoms with E-state index in [1.807, 2.05) is 36.4 Å². The first kappa shape index (κ1) is 13.7. The fraction of sp³-hybridized carbons (Fsp3) is 0.125. The van der Waals surface area contributed by atoms with Crippen molar-refractivity contribution in [1.82, 2.24) is 0 Å². The minimum Gasteiger partial charge on any atom is -0.489 e. The quantitative estimate of drug-likeness (QED) is 0.798. The summed E-state index contributed by atoms with van der Waals surface area (Å²) in [5, 5.41) is 0. The second kappa shape index (κ2) is 7.00. The van der Waals surface area contributed by atoms with Crippen molar-refractivity contribution in [1.29, 1.82) is 0 Å². The summed E-state index contributed by atoms with van der Waals surface area (Å²) in [6.45, 7) is 0.235. The van der Waals surface area contributed by atoms with Crippen molar-refractivity contribution < 1.29 is 9.13 Å². The van der Waals surface area contributed by atoms with Crippen LogP contribution >= 0.6 is 12.6 Å². The van der Waals surface area contributed by atoms with E-state index < -0.39 is 0 Å². The van der Waals surface area contributed by atoms with Crippen molar-refractivity contribution in [2.24, 2.45) is 0 Å². The molecule has 0 atom stereocenters. The number of rotatable bonds is 5. The maximum absolute atomic E-state index is 13.4. The smallest absolute Gasteiger partial charge is 0.129 e. The highest BCUT2D eigenvalue weighted by Crippen LogP contribution is 2.16. The monoisotopic (exact) mass is 274 g/mol. The molecule has 0 unspecified atom stereocenters. The Labute approximate surface area is 118 Å². The molecule has 98 valence electrons. The molecular weight excluding hydrogens is 259 g/mol. The van der Waals surface area contributed by atoms with E-state index in [9.17, 15) is 4.39 Å². The van der Waals surface area contributed by atoms with Gasteiger partial charge in [-0.15, -0.1) is 0 Å². The average molecular weight is 274 g/mol. The Hall–Kier alpha value is -1.74. The standard InChI is InChI=1S/C16H15FOS/c17-16-6-2-1-5-14(16)12-18-15-9-7-13(8-10-15)4-3-11-19/h1-10,19H,11-12H2. The minimum atomic E-state index is -0.240. The molecule has 0 spiro atoms. The Balaban J connectivity index is 1.97. The Morgan fingerprint density at radius 2 is 1.79 bits per heavy atom. The lowest BCUT2D eigenvalue weighted by atomic mass is 10.2. The molecule has 0 saturated heterocycles. The highest BCUT2D eigenvalue weighted by atomic mass is 32.1. The van der Waals surface area contributed by atoms with E-state index in [1.54, 1.807) is 18.2 Å². The molecular formula is C16H15FOS. The third-order valence-corrected chi connectivity index (χ3v) is 2.86. The topological polar surface area (TPSA) is 9.23 Å². The van der Waals surface area contributed by atoms with Crippen LogP contribution in [0.15, 0.2) is 54.6 Å². The fourth-order valence-corrected chi connectivity index (χ4v) is 1.75. The van der Waals surface area contributed by atoms with Crippen LogP contribution in [-0.4, -0.2) is 5.75 Å². The van der Waals surface area contributed by atoms with Crippen LogP contribution in [0.25, 0.3) is 6.08 Å². The number of hydrogen-bond donors (Lipinski definition) is 1. The lowest BCUT2D eigenvalue weighted by Crippen LogP contribution is -1.97. The van der Waals surface area contributed by atoms with Gasteiger partial charge in [0.2, 0.25) is 0 Å². The van der Waals surface area contributed by atoms with E-state index in [4.69, 9.17) is 4.74 Å². The average Bonchev–Trinajstić information content (AvgIpc) is 2.45. The Morgan fingerprint density at radius 1 is 1.05 bits per heavy atom. The van der Waals surface area contributed by atoms with Crippen LogP contribution in [0.5, 0.6) is 5.75 Å². The second-order valence-corrected chi connectivity index (χ2v) is 4.40. The van der Waals surface area contributed by atoms with Crippen molar-refractivity contribution in [2.75, 3.05) is 5.75 Å². The first-order valence-electron chi connectivity index (χ1n) is 6.03. The zero-order chi connectivity index (χ0) is 13.5. The van der Waals surface area contributed by atoms with Gasteiger partial charge >= 0.3 is 0 Å². The predicted octanol–water partition coefficient (Wildman–Crippen LogP) is 4.35. The molecule has 1 nitrogen and oxygen atoms in total. The van der Waals surface area contributed by atoms with Crippen LogP contribution in [0.2, 0.25) is 0 Å². The van der Waals surface area contributed by atoms with E-state index >= 15 is 0 Å². The number of thiol groups is 1. The molecule has 2 aromatic carbocycles. The summed E-state index contributed by atoms with van der Waals surface area (Å²) < 4.78 is 19.0. The minimum absolute atomic E-state index is 0.235. The lowest BCUT2D eigenvalue weighted by Gasteiger charge is -2.07. The molecule has 0 aliphatic heterocycles. The van der Waals surface area contributed by atoms with Gasteiger partial charge in [-0.05, 0) is 23.8 Å². The highest BCUT2D eigenvalue weighted by Gasteiger charge is 2.01. The Morgan fingerprint density at radius 3 is 2.47 bits per heavy atom. The van der Waals surface area contributed by atoms with Gasteiger partial charge in [-0.25, -0.2) is 4.39 Å². The van der Waals surface area contributed by atoms with E-state index in [2.05, 4.69) is 12.6 Å². The number of ether oxygens (including phenoxy) is 1. The summed E-state index contributed by atoms with van der Waals surface area (Å²) in [6, 6.07) is 14.3. The summed E-state index contributed by atoms with van der Waals surface area (Å²) in [6.07, 6.45) is 3.96. The van der Waals surface area contributed by atoms with Gasteiger partial charge in [0, 0.05) is 11.3 Å². The molecule has 0 aliphatic carbocycles. The molecule has 0 radical (unpaired) electrons. The van der Waals surface area contributed by atoms with E-state index in [0.717, 1.165) is 11.3 Å². The molecule has 0 saturated carbocycles. The molecule has 0 N–H and O–H groups in total. The van der Waals surface area contributed by atoms with Crippen LogP contribution in [0, 0.1) is 5.82 Å². The maximum atomic E-state index is 13.4. The second-order valence-electron chi connectivity index (χ2n) is 4.03. The van der Waals surface area contributed by atoms with Gasteiger partial charge in [-0.2, -0.15) is 12.6 Å². The van der Waals surface area contributed by atoms with Gasteiger partial charge in [0.25, 0.3) is 0 Å². The van der Waals surface area contributed by atoms with Crippen LogP contribution < -0.4 is 4.74 Å². The molecule has 2 rings (SSSR count). The number of halogens is 1. The molecule has 0 amide bonds. The van der Waals surface area contributed by atoms with Gasteiger partial charge in [0.15, 0.2) is 0 Å². The molecule has 0 aromatic heterocycles. The summed E-state index contributed by atoms with van der Waals surface area (Å²) in [7, 11) is 0. The van der Waals surface area contributed by atoms with Gasteiger partial charge in [0.05, 0.1) is 0 Å². The predicted molar refractivity (Wildman–Crippen MR) is 80.1 cm³/mol. The largest absolute Gasteiger partial charge is 0.489 e. The molecule has 0 heterocycles.